The molecule has 0 fully saturated rings. The van der Waals surface area contributed by atoms with E-state index in [1.807, 2.05) is 12.1 Å². The summed E-state index contributed by atoms with van der Waals surface area (Å²) in [6.45, 7) is 1.43. The monoisotopic (exact) mass is 272 g/mol. The highest BCUT2D eigenvalue weighted by atomic mass is 16.5. The molecule has 20 heavy (non-hydrogen) atoms. The molecule has 0 heterocycles. The van der Waals surface area contributed by atoms with Crippen LogP contribution in [0, 0.1) is 0 Å². The van der Waals surface area contributed by atoms with Crippen LogP contribution in [0.5, 0.6) is 17.2 Å². The summed E-state index contributed by atoms with van der Waals surface area (Å²) < 4.78 is 10.9. The number of hydrogen-bond acceptors (Lipinski definition) is 4. The Hall–Kier alpha value is -2.69. The number of nitrogens with two attached hydrogens (primary N) is 1. The van der Waals surface area contributed by atoms with Gasteiger partial charge < -0.3 is 20.5 Å². The third-order valence-electron chi connectivity index (χ3n) is 2.62. The van der Waals surface area contributed by atoms with E-state index < -0.39 is 0 Å². The predicted molar refractivity (Wildman–Crippen MR) is 78.2 cm³/mol. The van der Waals surface area contributed by atoms with Crippen molar-refractivity contribution >= 4 is 17.3 Å². The Bertz CT molecular complexity index is 626. The van der Waals surface area contributed by atoms with Crippen molar-refractivity contribution in [2.24, 2.45) is 0 Å². The molecule has 0 bridgehead atoms. The van der Waals surface area contributed by atoms with Gasteiger partial charge in [-0.3, -0.25) is 4.79 Å². The summed E-state index contributed by atoms with van der Waals surface area (Å²) in [5.74, 6) is 1.48. The molecule has 5 heteroatoms. The van der Waals surface area contributed by atoms with Crippen molar-refractivity contribution in [3.63, 3.8) is 0 Å². The quantitative estimate of drug-likeness (QED) is 0.839. The molecular weight excluding hydrogens is 256 g/mol. The Kier molecular flexibility index (Phi) is 4.10. The van der Waals surface area contributed by atoms with Gasteiger partial charge in [0.1, 0.15) is 11.5 Å². The zero-order chi connectivity index (χ0) is 14.5. The molecule has 3 N–H and O–H groups in total. The van der Waals surface area contributed by atoms with Crippen molar-refractivity contribution in [2.45, 2.75) is 6.92 Å². The van der Waals surface area contributed by atoms with Gasteiger partial charge in [0.25, 0.3) is 0 Å². The maximum atomic E-state index is 11.2. The van der Waals surface area contributed by atoms with Crippen LogP contribution in [0.15, 0.2) is 42.5 Å². The molecule has 0 saturated carbocycles. The fourth-order valence-corrected chi connectivity index (χ4v) is 1.74. The molecule has 2 aromatic rings. The third kappa shape index (κ3) is 3.20. The first-order chi connectivity index (χ1) is 9.60. The van der Waals surface area contributed by atoms with E-state index in [2.05, 4.69) is 5.32 Å². The topological polar surface area (TPSA) is 73.6 Å². The molecule has 0 aliphatic rings. The van der Waals surface area contributed by atoms with Gasteiger partial charge in [0.05, 0.1) is 18.5 Å². The highest BCUT2D eigenvalue weighted by Crippen LogP contribution is 2.36. The molecular formula is C15H16N2O3. The number of anilines is 2. The van der Waals surface area contributed by atoms with Crippen LogP contribution in [-0.4, -0.2) is 13.0 Å². The summed E-state index contributed by atoms with van der Waals surface area (Å²) in [6, 6.07) is 12.3. The van der Waals surface area contributed by atoms with Crippen LogP contribution in [0.2, 0.25) is 0 Å². The molecule has 0 aromatic heterocycles. The van der Waals surface area contributed by atoms with E-state index in [1.165, 1.54) is 6.92 Å². The van der Waals surface area contributed by atoms with Gasteiger partial charge in [-0.1, -0.05) is 12.1 Å². The van der Waals surface area contributed by atoms with Crippen LogP contribution in [-0.2, 0) is 4.79 Å². The summed E-state index contributed by atoms with van der Waals surface area (Å²) in [5.41, 5.74) is 6.88. The molecule has 0 saturated heterocycles. The zero-order valence-corrected chi connectivity index (χ0v) is 11.3. The third-order valence-corrected chi connectivity index (χ3v) is 2.62. The number of para-hydroxylation sites is 1. The van der Waals surface area contributed by atoms with E-state index in [0.717, 1.165) is 0 Å². The van der Waals surface area contributed by atoms with Gasteiger partial charge in [0, 0.05) is 13.0 Å². The van der Waals surface area contributed by atoms with Gasteiger partial charge in [0.2, 0.25) is 5.91 Å². The van der Waals surface area contributed by atoms with Gasteiger partial charge in [-0.2, -0.15) is 0 Å². The molecule has 0 aliphatic carbocycles. The highest BCUT2D eigenvalue weighted by molar-refractivity contribution is 5.92. The van der Waals surface area contributed by atoms with Crippen molar-refractivity contribution in [3.8, 4) is 17.2 Å². The van der Waals surface area contributed by atoms with Crippen LogP contribution >= 0.6 is 0 Å². The van der Waals surface area contributed by atoms with Crippen molar-refractivity contribution in [1.82, 2.24) is 0 Å². The van der Waals surface area contributed by atoms with E-state index in [9.17, 15) is 4.79 Å². The van der Waals surface area contributed by atoms with Crippen LogP contribution < -0.4 is 20.5 Å². The lowest BCUT2D eigenvalue weighted by Gasteiger charge is -2.14. The van der Waals surface area contributed by atoms with Crippen molar-refractivity contribution in [2.75, 3.05) is 18.2 Å². The number of ether oxygens (including phenoxy) is 2. The standard InChI is InChI=1S/C15H16N2O3/c1-10(18)17-14-8-4-7-13(16)15(14)20-12-6-3-5-11(9-12)19-2/h3-9H,16H2,1-2H3,(H,17,18). The molecule has 2 rings (SSSR count). The lowest BCUT2D eigenvalue weighted by Crippen LogP contribution is -2.07. The van der Waals surface area contributed by atoms with Gasteiger partial charge in [-0.15, -0.1) is 0 Å². The van der Waals surface area contributed by atoms with Crippen LogP contribution in [0.1, 0.15) is 6.92 Å². The van der Waals surface area contributed by atoms with Gasteiger partial charge in [0.15, 0.2) is 5.75 Å². The number of carbonyl (C=O) groups is 1. The second kappa shape index (κ2) is 5.97. The van der Waals surface area contributed by atoms with E-state index >= 15 is 0 Å². The Labute approximate surface area is 117 Å². The molecule has 0 atom stereocenters. The molecule has 2 aromatic carbocycles. The van der Waals surface area contributed by atoms with Gasteiger partial charge in [-0.05, 0) is 24.3 Å². The lowest BCUT2D eigenvalue weighted by molar-refractivity contribution is -0.114. The zero-order valence-electron chi connectivity index (χ0n) is 11.3. The summed E-state index contributed by atoms with van der Waals surface area (Å²) >= 11 is 0. The Morgan fingerprint density at radius 2 is 1.85 bits per heavy atom. The molecule has 1 amide bonds. The van der Waals surface area contributed by atoms with Crippen molar-refractivity contribution in [3.05, 3.63) is 42.5 Å². The lowest BCUT2D eigenvalue weighted by atomic mass is 10.2. The molecule has 0 radical (unpaired) electrons. The number of rotatable bonds is 4. The summed E-state index contributed by atoms with van der Waals surface area (Å²) in [4.78, 5) is 11.2. The largest absolute Gasteiger partial charge is 0.497 e. The fraction of sp³-hybridized carbons (Fsp3) is 0.133. The van der Waals surface area contributed by atoms with Crippen molar-refractivity contribution in [1.29, 1.82) is 0 Å². The molecule has 104 valence electrons. The second-order valence-electron chi connectivity index (χ2n) is 4.19. The molecule has 5 nitrogen and oxygen atoms in total. The first kappa shape index (κ1) is 13.7. The molecule has 0 aliphatic heterocycles. The van der Waals surface area contributed by atoms with E-state index in [0.29, 0.717) is 28.6 Å². The Morgan fingerprint density at radius 3 is 2.55 bits per heavy atom. The van der Waals surface area contributed by atoms with E-state index in [-0.39, 0.29) is 5.91 Å². The van der Waals surface area contributed by atoms with Crippen LogP contribution in [0.25, 0.3) is 0 Å². The normalized spacial score (nSPS) is 9.90. The second-order valence-corrected chi connectivity index (χ2v) is 4.19. The highest BCUT2D eigenvalue weighted by Gasteiger charge is 2.10. The maximum absolute atomic E-state index is 11.2. The minimum atomic E-state index is -0.189. The van der Waals surface area contributed by atoms with Crippen LogP contribution in [0.3, 0.4) is 0 Å². The molecule has 0 spiro atoms. The number of carbonyl (C=O) groups excluding carboxylic acids is 1. The SMILES string of the molecule is COc1cccc(Oc2c(N)cccc2NC(C)=O)c1. The maximum Gasteiger partial charge on any atom is 0.221 e. The number of benzene rings is 2. The predicted octanol–water partition coefficient (Wildman–Crippen LogP) is 3.03. The smallest absolute Gasteiger partial charge is 0.221 e. The number of nitrogen functional groups attached to an aromatic ring is 1. The first-order valence-electron chi connectivity index (χ1n) is 6.08. The average Bonchev–Trinajstić information content (AvgIpc) is 2.42. The summed E-state index contributed by atoms with van der Waals surface area (Å²) in [6.07, 6.45) is 0. The average molecular weight is 272 g/mol. The van der Waals surface area contributed by atoms with E-state index in [4.69, 9.17) is 15.2 Å². The minimum absolute atomic E-state index is 0.189. The number of nitrogens with one attached hydrogen (secondary N) is 1. The van der Waals surface area contributed by atoms with Crippen molar-refractivity contribution < 1.29 is 14.3 Å². The fourth-order valence-electron chi connectivity index (χ4n) is 1.74. The Balaban J connectivity index is 2.34. The molecule has 0 unspecified atom stereocenters. The van der Waals surface area contributed by atoms with E-state index in [1.54, 1.807) is 37.4 Å². The Morgan fingerprint density at radius 1 is 1.15 bits per heavy atom. The summed E-state index contributed by atoms with van der Waals surface area (Å²) in [7, 11) is 1.58. The van der Waals surface area contributed by atoms with Crippen LogP contribution in [0.4, 0.5) is 11.4 Å². The summed E-state index contributed by atoms with van der Waals surface area (Å²) in [5, 5.41) is 2.69. The first-order valence-corrected chi connectivity index (χ1v) is 6.08. The number of methoxy groups -OCH3 is 1. The number of amides is 1. The number of hydrogen-bond donors (Lipinski definition) is 2. The van der Waals surface area contributed by atoms with Gasteiger partial charge in [-0.25, -0.2) is 0 Å². The van der Waals surface area contributed by atoms with Gasteiger partial charge >= 0.3 is 0 Å². The minimum Gasteiger partial charge on any atom is -0.497 e.